The van der Waals surface area contributed by atoms with Crippen LogP contribution >= 0.6 is 0 Å². The number of alkyl halides is 6. The molecule has 9 nitrogen and oxygen atoms in total. The van der Waals surface area contributed by atoms with E-state index in [1.807, 2.05) is 0 Å². The number of ketones is 1. The predicted molar refractivity (Wildman–Crippen MR) is 170 cm³/mol. The normalized spacial score (nSPS) is 22.5. The Morgan fingerprint density at radius 1 is 0.942 bits per heavy atom. The largest absolute Gasteiger partial charge is 0.497 e. The number of rotatable bonds is 10. The van der Waals surface area contributed by atoms with Crippen LogP contribution in [-0.2, 0) is 42.8 Å². The van der Waals surface area contributed by atoms with Crippen LogP contribution in [0.2, 0.25) is 0 Å². The minimum atomic E-state index is -6.19. The van der Waals surface area contributed by atoms with Crippen LogP contribution in [0.1, 0.15) is 42.9 Å². The van der Waals surface area contributed by atoms with E-state index < -0.39 is 92.5 Å². The topological polar surface area (TPSA) is 130 Å². The van der Waals surface area contributed by atoms with Gasteiger partial charge >= 0.3 is 18.3 Å². The lowest BCUT2D eigenvalue weighted by Gasteiger charge is -2.39. The van der Waals surface area contributed by atoms with Crippen molar-refractivity contribution in [1.29, 1.82) is 0 Å². The molecule has 282 valence electrons. The number of aliphatic hydroxyl groups is 2. The van der Waals surface area contributed by atoms with Crippen LogP contribution in [0.5, 0.6) is 5.75 Å². The molecule has 5 rings (SSSR count). The van der Waals surface area contributed by atoms with Gasteiger partial charge < -0.3 is 19.7 Å². The number of esters is 1. The highest BCUT2D eigenvalue weighted by molar-refractivity contribution is 7.92. The summed E-state index contributed by atoms with van der Waals surface area (Å²) < 4.78 is 136. The molecular weight excluding hydrogens is 727 g/mol. The molecule has 5 atom stereocenters. The average Bonchev–Trinajstić information content (AvgIpc) is 3.36. The molecule has 1 aliphatic carbocycles. The Morgan fingerprint density at radius 2 is 1.56 bits per heavy atom. The maximum atomic E-state index is 14.1. The van der Waals surface area contributed by atoms with Crippen molar-refractivity contribution in [3.05, 3.63) is 89.2 Å². The predicted octanol–water partition coefficient (Wildman–Crippen LogP) is 5.79. The van der Waals surface area contributed by atoms with Gasteiger partial charge in [0.1, 0.15) is 23.5 Å². The number of benzene rings is 3. The molecule has 0 radical (unpaired) electrons. The Balaban J connectivity index is 1.54. The Hall–Kier alpha value is -4.22. The highest BCUT2D eigenvalue weighted by Gasteiger charge is 2.71. The lowest BCUT2D eigenvalue weighted by atomic mass is 9.82. The third-order valence-corrected chi connectivity index (χ3v) is 11.5. The van der Waals surface area contributed by atoms with Crippen LogP contribution < -0.4 is 9.04 Å². The van der Waals surface area contributed by atoms with E-state index >= 15 is 0 Å². The smallest absolute Gasteiger partial charge is 0.430 e. The molecule has 0 bridgehead atoms. The molecule has 0 spiro atoms. The summed E-state index contributed by atoms with van der Waals surface area (Å²) >= 11 is 0. The molecule has 0 aromatic heterocycles. The second-order valence-corrected chi connectivity index (χ2v) is 14.7. The molecule has 2 N–H and O–H groups in total. The average molecular weight is 762 g/mol. The first-order valence-corrected chi connectivity index (χ1v) is 17.4. The Bertz CT molecular complexity index is 1890. The summed E-state index contributed by atoms with van der Waals surface area (Å²) in [6, 6.07) is 10.5. The molecular formula is C35H34F7NO8S. The van der Waals surface area contributed by atoms with Gasteiger partial charge in [0.25, 0.3) is 15.6 Å². The van der Waals surface area contributed by atoms with Gasteiger partial charge in [-0.05, 0) is 79.3 Å². The lowest BCUT2D eigenvalue weighted by molar-refractivity contribution is -0.376. The van der Waals surface area contributed by atoms with Crippen molar-refractivity contribution in [2.75, 3.05) is 11.4 Å². The van der Waals surface area contributed by atoms with Crippen molar-refractivity contribution in [2.24, 2.45) is 11.8 Å². The summed E-state index contributed by atoms with van der Waals surface area (Å²) in [4.78, 5) is 25.6. The fraction of sp³-hybridized carbons (Fsp3) is 0.429. The van der Waals surface area contributed by atoms with Crippen LogP contribution in [0.15, 0.2) is 71.6 Å². The van der Waals surface area contributed by atoms with E-state index in [0.29, 0.717) is 33.8 Å². The van der Waals surface area contributed by atoms with Gasteiger partial charge in [-0.2, -0.15) is 26.3 Å². The second-order valence-electron chi connectivity index (χ2n) is 12.9. The molecule has 1 fully saturated rings. The number of hydrogen-bond acceptors (Lipinski definition) is 8. The number of aryl methyl sites for hydroxylation is 1. The van der Waals surface area contributed by atoms with Crippen LogP contribution in [-0.4, -0.2) is 68.1 Å². The van der Waals surface area contributed by atoms with Crippen molar-refractivity contribution in [3.63, 3.8) is 0 Å². The Labute approximate surface area is 294 Å². The number of Topliss-reactive ketones (excluding diaryl/α,β-unsaturated/α-hetero) is 1. The molecule has 1 heterocycles. The number of nitrogens with zero attached hydrogens (tertiary/aromatic N) is 1. The maximum absolute atomic E-state index is 14.1. The number of hydrogen-bond donors (Lipinski definition) is 2. The summed E-state index contributed by atoms with van der Waals surface area (Å²) in [5.41, 5.74) is -6.79. The first-order valence-electron chi connectivity index (χ1n) is 16.0. The van der Waals surface area contributed by atoms with Gasteiger partial charge in [0.15, 0.2) is 0 Å². The van der Waals surface area contributed by atoms with E-state index in [9.17, 15) is 59.0 Å². The van der Waals surface area contributed by atoms with E-state index in [1.165, 1.54) is 7.11 Å². The van der Waals surface area contributed by atoms with Gasteiger partial charge in [0.05, 0.1) is 29.8 Å². The Kier molecular flexibility index (Phi) is 10.7. The van der Waals surface area contributed by atoms with Gasteiger partial charge in [0, 0.05) is 30.7 Å². The van der Waals surface area contributed by atoms with Crippen molar-refractivity contribution >= 4 is 27.5 Å². The van der Waals surface area contributed by atoms with E-state index in [0.717, 1.165) is 31.2 Å². The number of halogens is 7. The number of anilines is 1. The zero-order valence-corrected chi connectivity index (χ0v) is 28.4. The highest BCUT2D eigenvalue weighted by atomic mass is 32.2. The van der Waals surface area contributed by atoms with E-state index in [-0.39, 0.29) is 36.9 Å². The molecule has 17 heteroatoms. The zero-order valence-electron chi connectivity index (χ0n) is 27.6. The molecule has 1 aliphatic heterocycles. The third-order valence-electron chi connectivity index (χ3n) is 9.60. The molecule has 1 saturated carbocycles. The molecule has 0 saturated heterocycles. The summed E-state index contributed by atoms with van der Waals surface area (Å²) in [6.07, 6.45) is -15.8. The van der Waals surface area contributed by atoms with Crippen LogP contribution in [0.4, 0.5) is 36.4 Å². The fourth-order valence-electron chi connectivity index (χ4n) is 7.07. The minimum absolute atomic E-state index is 0.150. The number of sulfonamides is 1. The summed E-state index contributed by atoms with van der Waals surface area (Å²) in [7, 11) is -3.27. The summed E-state index contributed by atoms with van der Waals surface area (Å²) in [5, 5.41) is 20.9. The molecule has 1 unspecified atom stereocenters. The first-order chi connectivity index (χ1) is 24.2. The molecule has 0 amide bonds. The quantitative estimate of drug-likeness (QED) is 0.196. The van der Waals surface area contributed by atoms with E-state index in [4.69, 9.17) is 9.47 Å². The van der Waals surface area contributed by atoms with Crippen LogP contribution in [0, 0.1) is 17.7 Å². The van der Waals surface area contributed by atoms with E-state index in [1.54, 1.807) is 24.3 Å². The van der Waals surface area contributed by atoms with E-state index in [2.05, 4.69) is 0 Å². The fourth-order valence-corrected chi connectivity index (χ4v) is 8.78. The van der Waals surface area contributed by atoms with Crippen molar-refractivity contribution in [3.8, 4) is 5.75 Å². The number of fused-ring (bicyclic) bond motifs is 1. The molecule has 2 aliphatic rings. The van der Waals surface area contributed by atoms with Gasteiger partial charge in [-0.3, -0.25) is 13.9 Å². The molecule has 3 aromatic carbocycles. The number of methoxy groups -OCH3 is 1. The maximum Gasteiger partial charge on any atom is 0.430 e. The SMILES string of the molecule is COc1ccc(C[C@H]2C(C(=O)C[C@@H]3CCc4cc(C(O)(C(F)(F)F)C(F)(F)F)ccc4N3S(=O)(=O)c3ccc(F)cc3)C[C@@H](O)[C@H]2OC(C)=O)cc1. The van der Waals surface area contributed by atoms with Gasteiger partial charge in [-0.25, -0.2) is 12.8 Å². The highest BCUT2D eigenvalue weighted by Crippen LogP contribution is 2.51. The lowest BCUT2D eigenvalue weighted by Crippen LogP contribution is -2.54. The first kappa shape index (κ1) is 39.0. The van der Waals surface area contributed by atoms with Gasteiger partial charge in [-0.1, -0.05) is 24.3 Å². The zero-order chi connectivity index (χ0) is 38.4. The van der Waals surface area contributed by atoms with Crippen molar-refractivity contribution in [2.45, 2.75) is 80.1 Å². The number of aliphatic hydroxyl groups excluding tert-OH is 1. The second kappa shape index (κ2) is 14.3. The van der Waals surface area contributed by atoms with Crippen molar-refractivity contribution < 1.29 is 68.4 Å². The van der Waals surface area contributed by atoms with Crippen molar-refractivity contribution in [1.82, 2.24) is 0 Å². The summed E-state index contributed by atoms with van der Waals surface area (Å²) in [5.74, 6) is -3.22. The third kappa shape index (κ3) is 7.35. The van der Waals surface area contributed by atoms with Crippen LogP contribution in [0.25, 0.3) is 0 Å². The number of carbonyl (C=O) groups is 2. The van der Waals surface area contributed by atoms with Gasteiger partial charge in [-0.15, -0.1) is 0 Å². The minimum Gasteiger partial charge on any atom is -0.497 e. The number of ether oxygens (including phenoxy) is 2. The standard InChI is InChI=1S/C35H34F7NO8S/c1-19(44)51-32-28(15-20-3-10-25(50-2)11-4-20)27(18-31(32)46)30(45)17-24-9-5-21-16-22(33(47,34(37,38)39)35(40,41)42)6-14-29(21)43(24)52(48,49)26-12-7-23(36)8-13-26/h3-4,6-8,10-14,16,24,27-28,31-32,46-47H,5,9,15,17-18H2,1-2H3/t24-,27?,28-,31+,32-/m0/s1. The number of carbonyl (C=O) groups excluding carboxylic acids is 2. The molecule has 3 aromatic rings. The monoisotopic (exact) mass is 761 g/mol. The Morgan fingerprint density at radius 3 is 2.12 bits per heavy atom. The molecule has 52 heavy (non-hydrogen) atoms. The van der Waals surface area contributed by atoms with Gasteiger partial charge in [0.2, 0.25) is 0 Å². The summed E-state index contributed by atoms with van der Waals surface area (Å²) in [6.45, 7) is 1.14. The van der Waals surface area contributed by atoms with Crippen LogP contribution in [0.3, 0.4) is 0 Å².